The van der Waals surface area contributed by atoms with Gasteiger partial charge >= 0.3 is 0 Å². The Morgan fingerprint density at radius 1 is 1.06 bits per heavy atom. The molecule has 0 unspecified atom stereocenters. The lowest BCUT2D eigenvalue weighted by Gasteiger charge is -2.12. The zero-order valence-electron chi connectivity index (χ0n) is 9.58. The van der Waals surface area contributed by atoms with Crippen LogP contribution in [-0.4, -0.2) is 0 Å². The summed E-state index contributed by atoms with van der Waals surface area (Å²) in [6.07, 6.45) is 0.782. The van der Waals surface area contributed by atoms with E-state index in [9.17, 15) is 4.39 Å². The van der Waals surface area contributed by atoms with Crippen LogP contribution in [0.4, 0.5) is 4.39 Å². The van der Waals surface area contributed by atoms with E-state index in [4.69, 9.17) is 11.6 Å². The predicted molar refractivity (Wildman–Crippen MR) is 69.6 cm³/mol. The quantitative estimate of drug-likeness (QED) is 0.740. The summed E-state index contributed by atoms with van der Waals surface area (Å²) in [6.45, 7) is 2.05. The summed E-state index contributed by atoms with van der Waals surface area (Å²) in [4.78, 5) is 0. The van der Waals surface area contributed by atoms with Crippen LogP contribution in [0.1, 0.15) is 18.1 Å². The van der Waals surface area contributed by atoms with Gasteiger partial charge in [-0.15, -0.1) is 0 Å². The molecule has 0 heterocycles. The molecule has 0 N–H and O–H groups in total. The van der Waals surface area contributed by atoms with Crippen LogP contribution in [0.2, 0.25) is 5.02 Å². The highest BCUT2D eigenvalue weighted by Gasteiger charge is 2.10. The fourth-order valence-corrected chi connectivity index (χ4v) is 2.11. The lowest BCUT2D eigenvalue weighted by Crippen LogP contribution is -2.00. The van der Waals surface area contributed by atoms with Crippen molar-refractivity contribution in [3.8, 4) is 0 Å². The van der Waals surface area contributed by atoms with Crippen molar-refractivity contribution in [1.29, 1.82) is 0 Å². The molecular formula is C15H13ClF. The van der Waals surface area contributed by atoms with Crippen molar-refractivity contribution < 1.29 is 4.39 Å². The average molecular weight is 248 g/mol. The highest BCUT2D eigenvalue weighted by Crippen LogP contribution is 2.26. The fraction of sp³-hybridized carbons (Fsp3) is 0.133. The van der Waals surface area contributed by atoms with Crippen LogP contribution in [0.3, 0.4) is 0 Å². The van der Waals surface area contributed by atoms with Crippen molar-refractivity contribution in [2.45, 2.75) is 13.3 Å². The molecule has 2 aromatic carbocycles. The molecule has 0 fully saturated rings. The minimum absolute atomic E-state index is 0.204. The molecule has 0 saturated carbocycles. The highest BCUT2D eigenvalue weighted by molar-refractivity contribution is 6.31. The number of rotatable bonds is 3. The molecule has 0 aliphatic rings. The van der Waals surface area contributed by atoms with E-state index < -0.39 is 0 Å². The monoisotopic (exact) mass is 247 g/mol. The second kappa shape index (κ2) is 5.33. The van der Waals surface area contributed by atoms with E-state index in [1.165, 1.54) is 18.1 Å². The Balaban J connectivity index is 2.14. The van der Waals surface area contributed by atoms with Crippen LogP contribution in [0.15, 0.2) is 48.5 Å². The summed E-state index contributed by atoms with van der Waals surface area (Å²) in [5.74, 6) is 0.978. The summed E-state index contributed by atoms with van der Waals surface area (Å²) in [5, 5.41) is 0.757. The van der Waals surface area contributed by atoms with Crippen LogP contribution in [-0.2, 0) is 6.42 Å². The Morgan fingerprint density at radius 3 is 2.35 bits per heavy atom. The van der Waals surface area contributed by atoms with Crippen LogP contribution in [0.25, 0.3) is 0 Å². The molecule has 0 saturated heterocycles. The molecule has 0 aliphatic carbocycles. The molecule has 1 radical (unpaired) electrons. The minimum Gasteiger partial charge on any atom is -0.207 e. The Bertz CT molecular complexity index is 491. The Kier molecular flexibility index (Phi) is 3.80. The van der Waals surface area contributed by atoms with E-state index in [1.807, 2.05) is 31.2 Å². The maximum absolute atomic E-state index is 12.8. The van der Waals surface area contributed by atoms with Crippen molar-refractivity contribution in [3.05, 3.63) is 76.4 Å². The second-order valence-corrected chi connectivity index (χ2v) is 4.47. The van der Waals surface area contributed by atoms with Crippen molar-refractivity contribution in [2.75, 3.05) is 0 Å². The molecule has 0 atom stereocenters. The zero-order chi connectivity index (χ0) is 12.3. The van der Waals surface area contributed by atoms with Gasteiger partial charge in [0.05, 0.1) is 0 Å². The number of benzene rings is 2. The molecule has 2 heteroatoms. The Morgan fingerprint density at radius 2 is 1.71 bits per heavy atom. The first-order chi connectivity index (χ1) is 8.16. The van der Waals surface area contributed by atoms with Gasteiger partial charge in [0.15, 0.2) is 0 Å². The third-order valence-electron chi connectivity index (χ3n) is 2.72. The highest BCUT2D eigenvalue weighted by atomic mass is 35.5. The number of hydrogen-bond donors (Lipinski definition) is 0. The summed E-state index contributed by atoms with van der Waals surface area (Å²) in [5.41, 5.74) is 2.14. The van der Waals surface area contributed by atoms with Crippen LogP contribution in [0.5, 0.6) is 0 Å². The summed E-state index contributed by atoms with van der Waals surface area (Å²) < 4.78 is 12.8. The largest absolute Gasteiger partial charge is 0.207 e. The van der Waals surface area contributed by atoms with E-state index in [1.54, 1.807) is 12.1 Å². The first kappa shape index (κ1) is 12.1. The molecule has 0 spiro atoms. The maximum atomic E-state index is 12.8. The van der Waals surface area contributed by atoms with E-state index in [2.05, 4.69) is 0 Å². The van der Waals surface area contributed by atoms with E-state index in [0.717, 1.165) is 22.6 Å². The fourth-order valence-electron chi connectivity index (χ4n) is 1.81. The second-order valence-electron chi connectivity index (χ2n) is 4.06. The van der Waals surface area contributed by atoms with E-state index in [0.29, 0.717) is 0 Å². The molecule has 17 heavy (non-hydrogen) atoms. The molecule has 0 aliphatic heterocycles. The number of hydrogen-bond acceptors (Lipinski definition) is 0. The summed E-state index contributed by atoms with van der Waals surface area (Å²) >= 11 is 6.13. The third kappa shape index (κ3) is 3.07. The van der Waals surface area contributed by atoms with E-state index >= 15 is 0 Å². The van der Waals surface area contributed by atoms with Gasteiger partial charge in [0.2, 0.25) is 0 Å². The topological polar surface area (TPSA) is 0 Å². The lowest BCUT2D eigenvalue weighted by atomic mass is 9.94. The maximum Gasteiger partial charge on any atom is 0.123 e. The smallest absolute Gasteiger partial charge is 0.123 e. The van der Waals surface area contributed by atoms with Gasteiger partial charge in [-0.05, 0) is 35.7 Å². The first-order valence-electron chi connectivity index (χ1n) is 5.48. The molecular weight excluding hydrogens is 235 g/mol. The SMILES string of the molecule is C[C](Cc1ccc(F)cc1)c1ccccc1Cl. The number of halogens is 2. The summed E-state index contributed by atoms with van der Waals surface area (Å²) in [7, 11) is 0. The molecule has 2 rings (SSSR count). The van der Waals surface area contributed by atoms with Crippen molar-refractivity contribution in [2.24, 2.45) is 0 Å². The standard InChI is InChI=1S/C15H13ClF/c1-11(14-4-2-3-5-15(14)16)10-12-6-8-13(17)9-7-12/h2-9H,10H2,1H3. The normalized spacial score (nSPS) is 10.8. The van der Waals surface area contributed by atoms with Gasteiger partial charge in [0.25, 0.3) is 0 Å². The third-order valence-corrected chi connectivity index (χ3v) is 3.05. The molecule has 0 aromatic heterocycles. The van der Waals surface area contributed by atoms with Gasteiger partial charge in [-0.25, -0.2) is 4.39 Å². The molecule has 0 bridgehead atoms. The average Bonchev–Trinajstić information content (AvgIpc) is 2.32. The molecule has 0 nitrogen and oxygen atoms in total. The van der Waals surface area contributed by atoms with Crippen molar-refractivity contribution >= 4 is 11.6 Å². The lowest BCUT2D eigenvalue weighted by molar-refractivity contribution is 0.627. The zero-order valence-corrected chi connectivity index (χ0v) is 10.3. The molecule has 0 amide bonds. The van der Waals surface area contributed by atoms with Gasteiger partial charge < -0.3 is 0 Å². The van der Waals surface area contributed by atoms with Crippen molar-refractivity contribution in [1.82, 2.24) is 0 Å². The minimum atomic E-state index is -0.204. The van der Waals surface area contributed by atoms with Crippen LogP contribution in [0, 0.1) is 11.7 Å². The van der Waals surface area contributed by atoms with Gasteiger partial charge in [-0.2, -0.15) is 0 Å². The first-order valence-corrected chi connectivity index (χ1v) is 5.86. The molecule has 2 aromatic rings. The Hall–Kier alpha value is -1.34. The predicted octanol–water partition coefficient (Wildman–Crippen LogP) is 4.66. The van der Waals surface area contributed by atoms with Gasteiger partial charge in [-0.1, -0.05) is 48.9 Å². The van der Waals surface area contributed by atoms with Gasteiger partial charge in [-0.3, -0.25) is 0 Å². The van der Waals surface area contributed by atoms with E-state index in [-0.39, 0.29) is 5.82 Å². The van der Waals surface area contributed by atoms with Crippen LogP contribution < -0.4 is 0 Å². The van der Waals surface area contributed by atoms with Gasteiger partial charge in [0, 0.05) is 10.9 Å². The Labute approximate surface area is 106 Å². The summed E-state index contributed by atoms with van der Waals surface area (Å²) in [6, 6.07) is 14.3. The van der Waals surface area contributed by atoms with Gasteiger partial charge in [0.1, 0.15) is 5.82 Å². The van der Waals surface area contributed by atoms with Crippen LogP contribution >= 0.6 is 11.6 Å². The molecule has 87 valence electrons. The van der Waals surface area contributed by atoms with Crippen molar-refractivity contribution in [3.63, 3.8) is 0 Å².